The predicted octanol–water partition coefficient (Wildman–Crippen LogP) is 3.20. The number of Topliss-reactive ketones (excluding diaryl/α,β-unsaturated/α-hetero) is 1. The van der Waals surface area contributed by atoms with Crippen LogP contribution in [0.4, 0.5) is 0 Å². The molecule has 1 aliphatic carbocycles. The van der Waals surface area contributed by atoms with Gasteiger partial charge in [-0.05, 0) is 37.8 Å². The van der Waals surface area contributed by atoms with E-state index in [9.17, 15) is 4.79 Å². The van der Waals surface area contributed by atoms with Gasteiger partial charge in [-0.15, -0.1) is 0 Å². The highest BCUT2D eigenvalue weighted by molar-refractivity contribution is 5.99. The number of benzene rings is 1. The average molecular weight is 254 g/mol. The first kappa shape index (κ1) is 12.2. The molecule has 0 amide bonds. The van der Waals surface area contributed by atoms with Crippen molar-refractivity contribution >= 4 is 5.78 Å². The zero-order chi connectivity index (χ0) is 13.4. The van der Waals surface area contributed by atoms with Crippen molar-refractivity contribution in [2.75, 3.05) is 0 Å². The van der Waals surface area contributed by atoms with Gasteiger partial charge >= 0.3 is 0 Å². The van der Waals surface area contributed by atoms with Gasteiger partial charge in [-0.25, -0.2) is 0 Å². The Morgan fingerprint density at radius 1 is 1.37 bits per heavy atom. The van der Waals surface area contributed by atoms with Gasteiger partial charge in [0, 0.05) is 12.5 Å². The second-order valence-electron chi connectivity index (χ2n) is 5.21. The minimum absolute atomic E-state index is 0.142. The fourth-order valence-electron chi connectivity index (χ4n) is 2.73. The Labute approximate surface area is 113 Å². The standard InChI is InChI=1S/C16H18N2O/c1-3-18-15(9-11(2)17-18)16(19)14-10-13(14)12-7-5-4-6-8-12/h4-9,13-14H,3,10H2,1-2H3. The van der Waals surface area contributed by atoms with Crippen LogP contribution in [-0.4, -0.2) is 15.6 Å². The zero-order valence-electron chi connectivity index (χ0n) is 11.3. The number of nitrogens with zero attached hydrogens (tertiary/aromatic N) is 2. The molecule has 98 valence electrons. The molecule has 3 nitrogen and oxygen atoms in total. The van der Waals surface area contributed by atoms with E-state index in [-0.39, 0.29) is 11.7 Å². The fraction of sp³-hybridized carbons (Fsp3) is 0.375. The maximum Gasteiger partial charge on any atom is 0.184 e. The number of hydrogen-bond acceptors (Lipinski definition) is 2. The molecule has 2 unspecified atom stereocenters. The van der Waals surface area contributed by atoms with Gasteiger partial charge in [0.15, 0.2) is 5.78 Å². The Bertz CT molecular complexity index is 600. The zero-order valence-corrected chi connectivity index (χ0v) is 11.3. The summed E-state index contributed by atoms with van der Waals surface area (Å²) in [6.45, 7) is 4.70. The molecular weight excluding hydrogens is 236 g/mol. The summed E-state index contributed by atoms with van der Waals surface area (Å²) in [5.74, 6) is 0.786. The first-order valence-corrected chi connectivity index (χ1v) is 6.84. The van der Waals surface area contributed by atoms with Crippen LogP contribution in [0, 0.1) is 12.8 Å². The van der Waals surface area contributed by atoms with Gasteiger partial charge in [0.25, 0.3) is 0 Å². The summed E-state index contributed by atoms with van der Waals surface area (Å²) in [4.78, 5) is 12.5. The molecule has 1 fully saturated rings. The van der Waals surface area contributed by atoms with Crippen LogP contribution in [0.5, 0.6) is 0 Å². The number of aryl methyl sites for hydroxylation is 2. The maximum atomic E-state index is 12.5. The fourth-order valence-corrected chi connectivity index (χ4v) is 2.73. The van der Waals surface area contributed by atoms with Gasteiger partial charge in [0.2, 0.25) is 0 Å². The van der Waals surface area contributed by atoms with Gasteiger partial charge < -0.3 is 0 Å². The third-order valence-electron chi connectivity index (χ3n) is 3.81. The van der Waals surface area contributed by atoms with Gasteiger partial charge in [-0.2, -0.15) is 5.10 Å². The van der Waals surface area contributed by atoms with Crippen LogP contribution in [0.25, 0.3) is 0 Å². The van der Waals surface area contributed by atoms with E-state index in [1.165, 1.54) is 5.56 Å². The van der Waals surface area contributed by atoms with E-state index in [1.54, 1.807) is 0 Å². The molecule has 0 aliphatic heterocycles. The Morgan fingerprint density at radius 3 is 2.79 bits per heavy atom. The lowest BCUT2D eigenvalue weighted by Crippen LogP contribution is -2.11. The van der Waals surface area contributed by atoms with Crippen LogP contribution >= 0.6 is 0 Å². The van der Waals surface area contributed by atoms with Crippen molar-refractivity contribution in [3.05, 3.63) is 53.3 Å². The Balaban J connectivity index is 1.80. The molecule has 2 atom stereocenters. The van der Waals surface area contributed by atoms with E-state index in [1.807, 2.05) is 42.8 Å². The largest absolute Gasteiger partial charge is 0.292 e. The van der Waals surface area contributed by atoms with Crippen molar-refractivity contribution in [2.24, 2.45) is 5.92 Å². The molecule has 1 aliphatic rings. The summed E-state index contributed by atoms with van der Waals surface area (Å²) < 4.78 is 1.82. The van der Waals surface area contributed by atoms with E-state index < -0.39 is 0 Å². The molecule has 0 saturated heterocycles. The van der Waals surface area contributed by atoms with E-state index in [2.05, 4.69) is 17.2 Å². The average Bonchev–Trinajstić information content (AvgIpc) is 3.15. The normalized spacial score (nSPS) is 21.4. The van der Waals surface area contributed by atoms with Crippen LogP contribution in [0.2, 0.25) is 0 Å². The molecule has 0 N–H and O–H groups in total. The highest BCUT2D eigenvalue weighted by atomic mass is 16.1. The van der Waals surface area contributed by atoms with Crippen molar-refractivity contribution in [3.63, 3.8) is 0 Å². The molecular formula is C16H18N2O. The van der Waals surface area contributed by atoms with Crippen molar-refractivity contribution in [1.82, 2.24) is 9.78 Å². The summed E-state index contributed by atoms with van der Waals surface area (Å²) in [5, 5.41) is 4.35. The summed E-state index contributed by atoms with van der Waals surface area (Å²) >= 11 is 0. The highest BCUT2D eigenvalue weighted by Crippen LogP contribution is 2.49. The topological polar surface area (TPSA) is 34.9 Å². The number of carbonyl (C=O) groups excluding carboxylic acids is 1. The molecule has 1 heterocycles. The lowest BCUT2D eigenvalue weighted by atomic mass is 10.1. The molecule has 0 spiro atoms. The summed E-state index contributed by atoms with van der Waals surface area (Å²) in [6, 6.07) is 12.2. The second kappa shape index (κ2) is 4.65. The van der Waals surface area contributed by atoms with Gasteiger partial charge in [-0.3, -0.25) is 9.48 Å². The molecule has 3 rings (SSSR count). The van der Waals surface area contributed by atoms with E-state index in [4.69, 9.17) is 0 Å². The summed E-state index contributed by atoms with van der Waals surface area (Å²) in [6.07, 6.45) is 0.969. The quantitative estimate of drug-likeness (QED) is 0.785. The predicted molar refractivity (Wildman–Crippen MR) is 74.3 cm³/mol. The lowest BCUT2D eigenvalue weighted by Gasteiger charge is -2.03. The molecule has 0 radical (unpaired) electrons. The first-order chi connectivity index (χ1) is 9.20. The van der Waals surface area contributed by atoms with Crippen LogP contribution in [0.15, 0.2) is 36.4 Å². The minimum atomic E-state index is 0.142. The third kappa shape index (κ3) is 2.21. The van der Waals surface area contributed by atoms with Crippen molar-refractivity contribution in [1.29, 1.82) is 0 Å². The lowest BCUT2D eigenvalue weighted by molar-refractivity contribution is 0.0954. The molecule has 2 aromatic rings. The number of rotatable bonds is 4. The highest BCUT2D eigenvalue weighted by Gasteiger charge is 2.44. The third-order valence-corrected chi connectivity index (χ3v) is 3.81. The Kier molecular flexibility index (Phi) is 2.97. The summed E-state index contributed by atoms with van der Waals surface area (Å²) in [5.41, 5.74) is 2.96. The second-order valence-corrected chi connectivity index (χ2v) is 5.21. The van der Waals surface area contributed by atoms with E-state index in [0.29, 0.717) is 5.92 Å². The molecule has 1 aromatic carbocycles. The molecule has 1 aromatic heterocycles. The van der Waals surface area contributed by atoms with E-state index >= 15 is 0 Å². The van der Waals surface area contributed by atoms with E-state index in [0.717, 1.165) is 24.4 Å². The molecule has 0 bridgehead atoms. The number of ketones is 1. The first-order valence-electron chi connectivity index (χ1n) is 6.84. The van der Waals surface area contributed by atoms with Crippen LogP contribution < -0.4 is 0 Å². The van der Waals surface area contributed by atoms with Crippen LogP contribution in [0.3, 0.4) is 0 Å². The van der Waals surface area contributed by atoms with Gasteiger partial charge in [0.1, 0.15) is 5.69 Å². The van der Waals surface area contributed by atoms with Gasteiger partial charge in [0.05, 0.1) is 5.69 Å². The number of aromatic nitrogens is 2. The monoisotopic (exact) mass is 254 g/mol. The molecule has 19 heavy (non-hydrogen) atoms. The van der Waals surface area contributed by atoms with Crippen LogP contribution in [0.1, 0.15) is 41.0 Å². The SMILES string of the molecule is CCn1nc(C)cc1C(=O)C1CC1c1ccccc1. The van der Waals surface area contributed by atoms with Crippen molar-refractivity contribution in [3.8, 4) is 0 Å². The summed E-state index contributed by atoms with van der Waals surface area (Å²) in [7, 11) is 0. The van der Waals surface area contributed by atoms with Crippen molar-refractivity contribution < 1.29 is 4.79 Å². The van der Waals surface area contributed by atoms with Gasteiger partial charge in [-0.1, -0.05) is 30.3 Å². The molecule has 3 heteroatoms. The number of hydrogen-bond donors (Lipinski definition) is 0. The van der Waals surface area contributed by atoms with Crippen LogP contribution in [-0.2, 0) is 6.54 Å². The Morgan fingerprint density at radius 2 is 2.11 bits per heavy atom. The Hall–Kier alpha value is -1.90. The maximum absolute atomic E-state index is 12.5. The smallest absolute Gasteiger partial charge is 0.184 e. The molecule has 1 saturated carbocycles. The van der Waals surface area contributed by atoms with Crippen molar-refractivity contribution in [2.45, 2.75) is 32.7 Å². The number of carbonyl (C=O) groups is 1. The minimum Gasteiger partial charge on any atom is -0.292 e.